The molecule has 1 saturated heterocycles. The number of carbonyl (C=O) groups excluding carboxylic acids is 1. The molecule has 1 fully saturated rings. The summed E-state index contributed by atoms with van der Waals surface area (Å²) in [6, 6.07) is 20.3. The zero-order valence-corrected chi connectivity index (χ0v) is 24.0. The Labute approximate surface area is 236 Å². The van der Waals surface area contributed by atoms with Gasteiger partial charge in [-0.2, -0.15) is 0 Å². The third-order valence-electron chi connectivity index (χ3n) is 8.03. The van der Waals surface area contributed by atoms with Crippen LogP contribution in [0.4, 0.5) is 5.69 Å². The Morgan fingerprint density at radius 2 is 1.69 bits per heavy atom. The number of hydrogen-bond donors (Lipinski definition) is 1. The maximum absolute atomic E-state index is 13.8. The second-order valence-electron chi connectivity index (χ2n) is 10.5. The van der Waals surface area contributed by atoms with Crippen LogP contribution in [0.25, 0.3) is 0 Å². The smallest absolute Gasteiger partial charge is 0.232 e. The van der Waals surface area contributed by atoms with Gasteiger partial charge in [-0.15, -0.1) is 0 Å². The van der Waals surface area contributed by atoms with Crippen LogP contribution >= 0.6 is 11.6 Å². The standard InChI is InChI=1S/C32H38ClN3O3/c1-5-21(2)39-30-20-28-25(18-29(30)38-4)19-31(37)36(32(28)24-6-10-26(33)11-7-24)27-12-8-23(9-13-27)22(3)35-16-14-34-15-17-35/h6-13,18,20-22,32,34H,5,14-17,19H2,1-4H3. The molecule has 2 heterocycles. The molecule has 2 aliphatic rings. The van der Waals surface area contributed by atoms with Crippen molar-refractivity contribution in [1.29, 1.82) is 0 Å². The molecule has 0 saturated carbocycles. The van der Waals surface area contributed by atoms with Crippen LogP contribution in [-0.2, 0) is 11.2 Å². The van der Waals surface area contributed by atoms with Gasteiger partial charge in [0.2, 0.25) is 5.91 Å². The lowest BCUT2D eigenvalue weighted by Gasteiger charge is -2.38. The fraction of sp³-hybridized carbons (Fsp3) is 0.406. The van der Waals surface area contributed by atoms with Crippen LogP contribution < -0.4 is 19.7 Å². The van der Waals surface area contributed by atoms with E-state index in [0.717, 1.165) is 55.0 Å². The largest absolute Gasteiger partial charge is 0.493 e. The monoisotopic (exact) mass is 547 g/mol. The molecule has 0 aromatic heterocycles. The van der Waals surface area contributed by atoms with E-state index in [2.05, 4.69) is 54.4 Å². The summed E-state index contributed by atoms with van der Waals surface area (Å²) >= 11 is 6.26. The minimum absolute atomic E-state index is 0.0393. The summed E-state index contributed by atoms with van der Waals surface area (Å²) in [7, 11) is 1.64. The Morgan fingerprint density at radius 3 is 2.33 bits per heavy atom. The number of anilines is 1. The number of hydrogen-bond acceptors (Lipinski definition) is 5. The van der Waals surface area contributed by atoms with Crippen molar-refractivity contribution in [3.05, 3.63) is 87.9 Å². The molecule has 2 aliphatic heterocycles. The van der Waals surface area contributed by atoms with Gasteiger partial charge in [0, 0.05) is 42.9 Å². The number of fused-ring (bicyclic) bond motifs is 1. The van der Waals surface area contributed by atoms with E-state index in [-0.39, 0.29) is 18.1 Å². The van der Waals surface area contributed by atoms with E-state index in [9.17, 15) is 4.79 Å². The minimum Gasteiger partial charge on any atom is -0.493 e. The molecule has 0 bridgehead atoms. The fourth-order valence-electron chi connectivity index (χ4n) is 5.57. The van der Waals surface area contributed by atoms with Crippen molar-refractivity contribution in [2.45, 2.75) is 51.8 Å². The van der Waals surface area contributed by atoms with Gasteiger partial charge in [-0.25, -0.2) is 0 Å². The minimum atomic E-state index is -0.319. The van der Waals surface area contributed by atoms with Crippen molar-refractivity contribution < 1.29 is 14.3 Å². The van der Waals surface area contributed by atoms with Crippen LogP contribution in [0.2, 0.25) is 5.02 Å². The molecule has 3 aromatic carbocycles. The number of rotatable bonds is 8. The highest BCUT2D eigenvalue weighted by atomic mass is 35.5. The summed E-state index contributed by atoms with van der Waals surface area (Å²) in [4.78, 5) is 18.2. The lowest BCUT2D eigenvalue weighted by molar-refractivity contribution is -0.118. The molecule has 39 heavy (non-hydrogen) atoms. The number of methoxy groups -OCH3 is 1. The summed E-state index contributed by atoms with van der Waals surface area (Å²) in [5.74, 6) is 1.39. The molecular formula is C32H38ClN3O3. The van der Waals surface area contributed by atoms with Crippen LogP contribution in [-0.4, -0.2) is 50.2 Å². The van der Waals surface area contributed by atoms with Crippen molar-refractivity contribution >= 4 is 23.2 Å². The van der Waals surface area contributed by atoms with Crippen molar-refractivity contribution in [3.63, 3.8) is 0 Å². The van der Waals surface area contributed by atoms with Crippen LogP contribution in [0.5, 0.6) is 11.5 Å². The summed E-state index contributed by atoms with van der Waals surface area (Å²) in [5, 5.41) is 4.09. The lowest BCUT2D eigenvalue weighted by Crippen LogP contribution is -2.44. The predicted molar refractivity (Wildman–Crippen MR) is 157 cm³/mol. The lowest BCUT2D eigenvalue weighted by atomic mass is 9.86. The third-order valence-corrected chi connectivity index (χ3v) is 8.28. The zero-order valence-electron chi connectivity index (χ0n) is 23.2. The average molecular weight is 548 g/mol. The Hall–Kier alpha value is -3.06. The van der Waals surface area contributed by atoms with Gasteiger partial charge in [-0.3, -0.25) is 9.69 Å². The number of nitrogens with zero attached hydrogens (tertiary/aromatic N) is 2. The topological polar surface area (TPSA) is 54.0 Å². The van der Waals surface area contributed by atoms with Crippen LogP contribution in [0, 0.1) is 0 Å². The van der Waals surface area contributed by atoms with Crippen molar-refractivity contribution in [3.8, 4) is 11.5 Å². The van der Waals surface area contributed by atoms with E-state index in [1.165, 1.54) is 5.56 Å². The first kappa shape index (κ1) is 27.5. The number of carbonyl (C=O) groups is 1. The first-order valence-electron chi connectivity index (χ1n) is 13.9. The molecular weight excluding hydrogens is 510 g/mol. The number of ether oxygens (including phenoxy) is 2. The second-order valence-corrected chi connectivity index (χ2v) is 10.9. The zero-order chi connectivity index (χ0) is 27.5. The highest BCUT2D eigenvalue weighted by molar-refractivity contribution is 6.30. The van der Waals surface area contributed by atoms with E-state index in [1.807, 2.05) is 42.2 Å². The Balaban J connectivity index is 1.56. The molecule has 0 spiro atoms. The molecule has 3 unspecified atom stereocenters. The normalized spacial score (nSPS) is 19.4. The van der Waals surface area contributed by atoms with Gasteiger partial charge in [-0.1, -0.05) is 42.8 Å². The molecule has 0 aliphatic carbocycles. The maximum atomic E-state index is 13.8. The summed E-state index contributed by atoms with van der Waals surface area (Å²) in [6.45, 7) is 10.5. The Morgan fingerprint density at radius 1 is 1.00 bits per heavy atom. The van der Waals surface area contributed by atoms with Gasteiger partial charge in [0.05, 0.1) is 25.7 Å². The van der Waals surface area contributed by atoms with Crippen LogP contribution in [0.3, 0.4) is 0 Å². The molecule has 3 atom stereocenters. The molecule has 7 heteroatoms. The Kier molecular flexibility index (Phi) is 8.46. The van der Waals surface area contributed by atoms with Crippen molar-refractivity contribution in [2.75, 3.05) is 38.2 Å². The SMILES string of the molecule is CCC(C)Oc1cc2c(cc1OC)CC(=O)N(c1ccc(C(C)N3CCNCC3)cc1)C2c1ccc(Cl)cc1. The average Bonchev–Trinajstić information content (AvgIpc) is 2.97. The van der Waals surface area contributed by atoms with E-state index in [4.69, 9.17) is 21.1 Å². The molecule has 1 N–H and O–H groups in total. The molecule has 3 aromatic rings. The molecule has 0 radical (unpaired) electrons. The molecule has 206 valence electrons. The van der Waals surface area contributed by atoms with Crippen molar-refractivity contribution in [1.82, 2.24) is 10.2 Å². The number of halogens is 1. The second kappa shape index (κ2) is 12.0. The third kappa shape index (κ3) is 5.79. The number of nitrogens with one attached hydrogen (secondary N) is 1. The fourth-order valence-corrected chi connectivity index (χ4v) is 5.69. The number of amides is 1. The van der Waals surface area contributed by atoms with Crippen LogP contribution in [0.1, 0.15) is 61.5 Å². The van der Waals surface area contributed by atoms with Gasteiger partial charge in [-0.05, 0) is 78.9 Å². The van der Waals surface area contributed by atoms with E-state index < -0.39 is 0 Å². The van der Waals surface area contributed by atoms with Gasteiger partial charge in [0.15, 0.2) is 11.5 Å². The van der Waals surface area contributed by atoms with Gasteiger partial charge < -0.3 is 19.7 Å². The van der Waals surface area contributed by atoms with Crippen molar-refractivity contribution in [2.24, 2.45) is 0 Å². The predicted octanol–water partition coefficient (Wildman–Crippen LogP) is 6.17. The molecule has 1 amide bonds. The van der Waals surface area contributed by atoms with E-state index in [1.54, 1.807) is 7.11 Å². The summed E-state index contributed by atoms with van der Waals surface area (Å²) in [5.41, 5.74) is 5.11. The highest BCUT2D eigenvalue weighted by Gasteiger charge is 2.36. The van der Waals surface area contributed by atoms with Gasteiger partial charge in [0.1, 0.15) is 0 Å². The van der Waals surface area contributed by atoms with E-state index in [0.29, 0.717) is 29.0 Å². The quantitative estimate of drug-likeness (QED) is 0.365. The maximum Gasteiger partial charge on any atom is 0.232 e. The van der Waals surface area contributed by atoms with Crippen LogP contribution in [0.15, 0.2) is 60.7 Å². The molecule has 6 nitrogen and oxygen atoms in total. The highest BCUT2D eigenvalue weighted by Crippen LogP contribution is 2.44. The summed E-state index contributed by atoms with van der Waals surface area (Å²) in [6.07, 6.45) is 1.21. The number of benzene rings is 3. The Bertz CT molecular complexity index is 1290. The van der Waals surface area contributed by atoms with Gasteiger partial charge in [0.25, 0.3) is 0 Å². The first-order chi connectivity index (χ1) is 18.9. The number of piperazine rings is 1. The summed E-state index contributed by atoms with van der Waals surface area (Å²) < 4.78 is 11.9. The first-order valence-corrected chi connectivity index (χ1v) is 14.3. The van der Waals surface area contributed by atoms with E-state index >= 15 is 0 Å². The molecule has 5 rings (SSSR count). The van der Waals surface area contributed by atoms with Gasteiger partial charge >= 0.3 is 0 Å².